The van der Waals surface area contributed by atoms with Crippen LogP contribution in [0.2, 0.25) is 0 Å². The van der Waals surface area contributed by atoms with Crippen LogP contribution in [0, 0.1) is 0 Å². The van der Waals surface area contributed by atoms with Gasteiger partial charge in [0.1, 0.15) is 24.2 Å². The molecular formula is C15H25N5O9. The van der Waals surface area contributed by atoms with Crippen LogP contribution in [0.15, 0.2) is 0 Å². The molecule has 0 rings (SSSR count). The Bertz CT molecular complexity index is 667. The van der Waals surface area contributed by atoms with Crippen LogP contribution < -0.4 is 27.4 Å². The zero-order chi connectivity index (χ0) is 22.9. The van der Waals surface area contributed by atoms with E-state index in [4.69, 9.17) is 21.7 Å². The van der Waals surface area contributed by atoms with Gasteiger partial charge in [-0.3, -0.25) is 24.0 Å². The van der Waals surface area contributed by atoms with E-state index >= 15 is 0 Å². The van der Waals surface area contributed by atoms with Gasteiger partial charge >= 0.3 is 11.9 Å². The molecule has 5 unspecified atom stereocenters. The van der Waals surface area contributed by atoms with Crippen LogP contribution >= 0.6 is 0 Å². The monoisotopic (exact) mass is 419 g/mol. The molecule has 0 aliphatic carbocycles. The summed E-state index contributed by atoms with van der Waals surface area (Å²) >= 11 is 0. The van der Waals surface area contributed by atoms with Gasteiger partial charge in [-0.05, 0) is 13.8 Å². The van der Waals surface area contributed by atoms with E-state index in [1.54, 1.807) is 0 Å². The highest BCUT2D eigenvalue weighted by molar-refractivity contribution is 5.96. The summed E-state index contributed by atoms with van der Waals surface area (Å²) in [5, 5.41) is 33.1. The van der Waals surface area contributed by atoms with Gasteiger partial charge < -0.3 is 42.7 Å². The first-order valence-corrected chi connectivity index (χ1v) is 8.33. The van der Waals surface area contributed by atoms with Crippen molar-refractivity contribution >= 4 is 35.6 Å². The molecule has 10 N–H and O–H groups in total. The zero-order valence-electron chi connectivity index (χ0n) is 15.7. The number of amides is 4. The number of aliphatic hydroxyl groups is 1. The number of hydrogen-bond acceptors (Lipinski definition) is 8. The van der Waals surface area contributed by atoms with E-state index < -0.39 is 78.7 Å². The first kappa shape index (κ1) is 25.7. The molecule has 5 atom stereocenters. The molecule has 164 valence electrons. The van der Waals surface area contributed by atoms with Gasteiger partial charge in [-0.2, -0.15) is 0 Å². The molecule has 0 radical (unpaired) electrons. The third kappa shape index (κ3) is 9.48. The summed E-state index contributed by atoms with van der Waals surface area (Å²) < 4.78 is 0. The Morgan fingerprint density at radius 2 is 1.34 bits per heavy atom. The third-order valence-corrected chi connectivity index (χ3v) is 3.61. The lowest BCUT2D eigenvalue weighted by molar-refractivity contribution is -0.147. The lowest BCUT2D eigenvalue weighted by atomic mass is 10.1. The number of carbonyl (C=O) groups is 6. The molecule has 0 saturated carbocycles. The number of nitrogens with two attached hydrogens (primary N) is 2. The lowest BCUT2D eigenvalue weighted by Gasteiger charge is -2.23. The predicted octanol–water partition coefficient (Wildman–Crippen LogP) is -4.40. The van der Waals surface area contributed by atoms with Gasteiger partial charge in [-0.1, -0.05) is 0 Å². The molecule has 0 aromatic carbocycles. The van der Waals surface area contributed by atoms with Gasteiger partial charge in [-0.15, -0.1) is 0 Å². The molecule has 0 aromatic rings. The molecule has 0 heterocycles. The van der Waals surface area contributed by atoms with E-state index in [0.717, 1.165) is 0 Å². The molecule has 14 nitrogen and oxygen atoms in total. The molecule has 0 spiro atoms. The number of carboxylic acid groups (broad SMARTS) is 2. The number of aliphatic carboxylic acids is 2. The standard InChI is InChI=1S/C15H25N5O9/c1-5(18-14(27)11(17)6(2)21)12(25)19-7(3-9(16)22)13(26)20-8(15(28)29)4-10(23)24/h5-8,11,21H,3-4,17H2,1-2H3,(H2,16,22)(H,18,27)(H,19,25)(H,20,26)(H,23,24)(H,28,29). The molecule has 14 heteroatoms. The largest absolute Gasteiger partial charge is 0.481 e. The highest BCUT2D eigenvalue weighted by Gasteiger charge is 2.31. The molecule has 0 aromatic heterocycles. The Balaban J connectivity index is 5.17. The van der Waals surface area contributed by atoms with Crippen molar-refractivity contribution in [3.8, 4) is 0 Å². The van der Waals surface area contributed by atoms with Crippen LogP contribution in [0.5, 0.6) is 0 Å². The van der Waals surface area contributed by atoms with Crippen LogP contribution in [-0.2, 0) is 28.8 Å². The highest BCUT2D eigenvalue weighted by atomic mass is 16.4. The quantitative estimate of drug-likeness (QED) is 0.151. The summed E-state index contributed by atoms with van der Waals surface area (Å²) in [6.07, 6.45) is -2.85. The number of hydrogen-bond donors (Lipinski definition) is 8. The summed E-state index contributed by atoms with van der Waals surface area (Å²) in [5.74, 6) is -7.11. The third-order valence-electron chi connectivity index (χ3n) is 3.61. The van der Waals surface area contributed by atoms with Crippen molar-refractivity contribution in [3.05, 3.63) is 0 Å². The van der Waals surface area contributed by atoms with Crippen molar-refractivity contribution < 1.29 is 44.1 Å². The maximum absolute atomic E-state index is 12.2. The second-order valence-corrected chi connectivity index (χ2v) is 6.23. The number of aliphatic hydroxyl groups excluding tert-OH is 1. The van der Waals surface area contributed by atoms with Crippen molar-refractivity contribution in [1.82, 2.24) is 16.0 Å². The smallest absolute Gasteiger partial charge is 0.326 e. The van der Waals surface area contributed by atoms with Crippen LogP contribution in [0.3, 0.4) is 0 Å². The van der Waals surface area contributed by atoms with Crippen molar-refractivity contribution in [2.45, 2.75) is 57.0 Å². The summed E-state index contributed by atoms with van der Waals surface area (Å²) in [7, 11) is 0. The van der Waals surface area contributed by atoms with Crippen molar-refractivity contribution in [1.29, 1.82) is 0 Å². The summed E-state index contributed by atoms with van der Waals surface area (Å²) in [5.41, 5.74) is 10.4. The maximum Gasteiger partial charge on any atom is 0.326 e. The second kappa shape index (κ2) is 11.6. The van der Waals surface area contributed by atoms with E-state index in [9.17, 15) is 33.9 Å². The Kier molecular flexibility index (Phi) is 10.3. The number of rotatable bonds is 12. The fourth-order valence-electron chi connectivity index (χ4n) is 1.95. The number of primary amides is 1. The summed E-state index contributed by atoms with van der Waals surface area (Å²) in [6, 6.07) is -6.00. The van der Waals surface area contributed by atoms with Crippen molar-refractivity contribution in [2.75, 3.05) is 0 Å². The minimum Gasteiger partial charge on any atom is -0.481 e. The van der Waals surface area contributed by atoms with E-state index in [2.05, 4.69) is 10.6 Å². The Morgan fingerprint density at radius 1 is 0.828 bits per heavy atom. The van der Waals surface area contributed by atoms with Gasteiger partial charge in [0, 0.05) is 0 Å². The molecule has 4 amide bonds. The molecule has 0 bridgehead atoms. The second-order valence-electron chi connectivity index (χ2n) is 6.23. The van der Waals surface area contributed by atoms with E-state index in [0.29, 0.717) is 0 Å². The van der Waals surface area contributed by atoms with Crippen molar-refractivity contribution in [2.24, 2.45) is 11.5 Å². The fraction of sp³-hybridized carbons (Fsp3) is 0.600. The lowest BCUT2D eigenvalue weighted by Crippen LogP contribution is -2.58. The van der Waals surface area contributed by atoms with E-state index in [-0.39, 0.29) is 0 Å². The molecule has 0 saturated heterocycles. The van der Waals surface area contributed by atoms with Crippen LogP contribution in [-0.4, -0.2) is 81.2 Å². The van der Waals surface area contributed by atoms with Crippen molar-refractivity contribution in [3.63, 3.8) is 0 Å². The number of nitrogens with one attached hydrogen (secondary N) is 3. The first-order chi connectivity index (χ1) is 13.3. The van der Waals surface area contributed by atoms with Crippen LogP contribution in [0.4, 0.5) is 0 Å². The van der Waals surface area contributed by atoms with E-state index in [1.807, 2.05) is 5.32 Å². The molecule has 0 fully saturated rings. The molecule has 0 aliphatic rings. The number of carbonyl (C=O) groups excluding carboxylic acids is 4. The Morgan fingerprint density at radius 3 is 1.76 bits per heavy atom. The first-order valence-electron chi connectivity index (χ1n) is 8.33. The van der Waals surface area contributed by atoms with Crippen LogP contribution in [0.1, 0.15) is 26.7 Å². The van der Waals surface area contributed by atoms with Gasteiger partial charge in [0.25, 0.3) is 0 Å². The SMILES string of the molecule is CC(NC(=O)C(N)C(C)O)C(=O)NC(CC(N)=O)C(=O)NC(CC(=O)O)C(=O)O. The average molecular weight is 419 g/mol. The molecule has 29 heavy (non-hydrogen) atoms. The normalized spacial score (nSPS) is 15.7. The maximum atomic E-state index is 12.2. The van der Waals surface area contributed by atoms with Gasteiger partial charge in [-0.25, -0.2) is 4.79 Å². The molecular weight excluding hydrogens is 394 g/mol. The van der Waals surface area contributed by atoms with Gasteiger partial charge in [0.05, 0.1) is 18.9 Å². The van der Waals surface area contributed by atoms with Gasteiger partial charge in [0.2, 0.25) is 23.6 Å². The highest BCUT2D eigenvalue weighted by Crippen LogP contribution is 1.99. The topological polar surface area (TPSA) is 251 Å². The minimum atomic E-state index is -1.81. The summed E-state index contributed by atoms with van der Waals surface area (Å²) in [6.45, 7) is 2.49. The molecule has 0 aliphatic heterocycles. The summed E-state index contributed by atoms with van der Waals surface area (Å²) in [4.78, 5) is 69.1. The Hall–Kier alpha value is -3.26. The van der Waals surface area contributed by atoms with E-state index in [1.165, 1.54) is 13.8 Å². The Labute approximate surface area is 165 Å². The minimum absolute atomic E-state index is 0.717. The average Bonchev–Trinajstić information content (AvgIpc) is 2.58. The van der Waals surface area contributed by atoms with Crippen LogP contribution in [0.25, 0.3) is 0 Å². The number of carboxylic acids is 2. The zero-order valence-corrected chi connectivity index (χ0v) is 15.7. The van der Waals surface area contributed by atoms with Gasteiger partial charge in [0.15, 0.2) is 0 Å². The predicted molar refractivity (Wildman–Crippen MR) is 94.8 cm³/mol. The fourth-order valence-corrected chi connectivity index (χ4v) is 1.95.